The van der Waals surface area contributed by atoms with E-state index in [-0.39, 0.29) is 12.5 Å². The number of carbonyl (C=O) groups excluding carboxylic acids is 1. The first kappa shape index (κ1) is 21.5. The molecular weight excluding hydrogens is 332 g/mol. The molecule has 0 aliphatic heterocycles. The van der Waals surface area contributed by atoms with Crippen LogP contribution in [0.4, 0.5) is 9.59 Å². The average Bonchev–Trinajstić information content (AvgIpc) is 2.56. The molecule has 0 aromatic heterocycles. The summed E-state index contributed by atoms with van der Waals surface area (Å²) in [5.74, 6) is -0.0731. The SMILES string of the molecule is C=CCCC(C)(C)OC(=O)NC[C@H](CNC(=O)O)Cc1ccccc1C. The van der Waals surface area contributed by atoms with Crippen LogP contribution in [0.5, 0.6) is 0 Å². The van der Waals surface area contributed by atoms with Crippen molar-refractivity contribution in [3.8, 4) is 0 Å². The number of aryl methyl sites for hydroxylation is 1. The van der Waals surface area contributed by atoms with Gasteiger partial charge in [-0.15, -0.1) is 6.58 Å². The summed E-state index contributed by atoms with van der Waals surface area (Å²) < 4.78 is 5.46. The van der Waals surface area contributed by atoms with Crippen LogP contribution in [0.15, 0.2) is 36.9 Å². The highest BCUT2D eigenvalue weighted by molar-refractivity contribution is 5.67. The van der Waals surface area contributed by atoms with E-state index in [2.05, 4.69) is 17.2 Å². The molecule has 0 heterocycles. The Balaban J connectivity index is 2.62. The summed E-state index contributed by atoms with van der Waals surface area (Å²) in [7, 11) is 0. The van der Waals surface area contributed by atoms with Gasteiger partial charge in [0.1, 0.15) is 5.60 Å². The van der Waals surface area contributed by atoms with Gasteiger partial charge in [0.25, 0.3) is 0 Å². The highest BCUT2D eigenvalue weighted by Crippen LogP contribution is 2.17. The molecule has 0 unspecified atom stereocenters. The van der Waals surface area contributed by atoms with Crippen molar-refractivity contribution in [1.29, 1.82) is 0 Å². The Bertz CT molecular complexity index is 614. The summed E-state index contributed by atoms with van der Waals surface area (Å²) in [5, 5.41) is 14.0. The van der Waals surface area contributed by atoms with Gasteiger partial charge in [-0.2, -0.15) is 0 Å². The van der Waals surface area contributed by atoms with Crippen molar-refractivity contribution in [1.82, 2.24) is 10.6 Å². The van der Waals surface area contributed by atoms with Gasteiger partial charge in [0.05, 0.1) is 0 Å². The van der Waals surface area contributed by atoms with Crippen molar-refractivity contribution < 1.29 is 19.4 Å². The van der Waals surface area contributed by atoms with Crippen molar-refractivity contribution in [3.05, 3.63) is 48.0 Å². The lowest BCUT2D eigenvalue weighted by atomic mass is 9.96. The molecule has 6 nitrogen and oxygen atoms in total. The molecule has 1 aromatic carbocycles. The Morgan fingerprint density at radius 2 is 1.92 bits per heavy atom. The topological polar surface area (TPSA) is 87.7 Å². The molecule has 0 saturated carbocycles. The maximum absolute atomic E-state index is 12.1. The van der Waals surface area contributed by atoms with Crippen molar-refractivity contribution >= 4 is 12.2 Å². The first-order valence-electron chi connectivity index (χ1n) is 8.82. The number of alkyl carbamates (subject to hydrolysis) is 1. The number of benzene rings is 1. The van der Waals surface area contributed by atoms with E-state index < -0.39 is 17.8 Å². The lowest BCUT2D eigenvalue weighted by molar-refractivity contribution is 0.0328. The fourth-order valence-corrected chi connectivity index (χ4v) is 2.61. The number of nitrogens with one attached hydrogen (secondary N) is 2. The molecule has 0 aliphatic rings. The first-order chi connectivity index (χ1) is 12.2. The largest absolute Gasteiger partial charge is 0.465 e. The lowest BCUT2D eigenvalue weighted by Crippen LogP contribution is -2.40. The summed E-state index contributed by atoms with van der Waals surface area (Å²) in [4.78, 5) is 22.9. The van der Waals surface area contributed by atoms with E-state index in [9.17, 15) is 9.59 Å². The zero-order chi connectivity index (χ0) is 19.6. The molecule has 1 aromatic rings. The van der Waals surface area contributed by atoms with Gasteiger partial charge >= 0.3 is 12.2 Å². The summed E-state index contributed by atoms with van der Waals surface area (Å²) in [6.07, 6.45) is 2.33. The molecule has 26 heavy (non-hydrogen) atoms. The van der Waals surface area contributed by atoms with Crippen LogP contribution < -0.4 is 10.6 Å². The second-order valence-electron chi connectivity index (χ2n) is 7.04. The summed E-state index contributed by atoms with van der Waals surface area (Å²) in [6, 6.07) is 7.94. The quantitative estimate of drug-likeness (QED) is 0.551. The van der Waals surface area contributed by atoms with Gasteiger partial charge in [-0.25, -0.2) is 9.59 Å². The van der Waals surface area contributed by atoms with Crippen molar-refractivity contribution in [2.75, 3.05) is 13.1 Å². The van der Waals surface area contributed by atoms with Gasteiger partial charge in [-0.1, -0.05) is 30.3 Å². The van der Waals surface area contributed by atoms with Crippen LogP contribution >= 0.6 is 0 Å². The number of carbonyl (C=O) groups is 2. The summed E-state index contributed by atoms with van der Waals surface area (Å²) in [5.41, 5.74) is 1.69. The molecule has 0 fully saturated rings. The number of hydrogen-bond donors (Lipinski definition) is 3. The lowest BCUT2D eigenvalue weighted by Gasteiger charge is -2.25. The Labute approximate surface area is 155 Å². The minimum Gasteiger partial charge on any atom is -0.465 e. The zero-order valence-electron chi connectivity index (χ0n) is 15.9. The molecular formula is C20H30N2O4. The van der Waals surface area contributed by atoms with Gasteiger partial charge in [0.2, 0.25) is 0 Å². The molecule has 3 N–H and O–H groups in total. The number of amides is 2. The summed E-state index contributed by atoms with van der Waals surface area (Å²) in [6.45, 7) is 9.97. The smallest absolute Gasteiger partial charge is 0.407 e. The van der Waals surface area contributed by atoms with Crippen LogP contribution in [-0.4, -0.2) is 36.0 Å². The molecule has 0 spiro atoms. The van der Waals surface area contributed by atoms with Crippen molar-refractivity contribution in [2.45, 2.75) is 45.6 Å². The van der Waals surface area contributed by atoms with Crippen molar-refractivity contribution in [2.24, 2.45) is 5.92 Å². The standard InChI is InChI=1S/C20H30N2O4/c1-5-6-11-20(3,4)26-19(25)22-14-16(13-21-18(23)24)12-17-10-8-7-9-15(17)2/h5,7-10,16,21H,1,6,11-14H2,2-4H3,(H,22,25)(H,23,24)/t16-/m0/s1. The second kappa shape index (κ2) is 10.5. The van der Waals surface area contributed by atoms with Crippen LogP contribution in [0.3, 0.4) is 0 Å². The molecule has 2 amide bonds. The molecule has 1 atom stereocenters. The van der Waals surface area contributed by atoms with E-state index in [4.69, 9.17) is 9.84 Å². The maximum Gasteiger partial charge on any atom is 0.407 e. The zero-order valence-corrected chi connectivity index (χ0v) is 15.9. The van der Waals surface area contributed by atoms with Crippen LogP contribution in [0.1, 0.15) is 37.8 Å². The molecule has 6 heteroatoms. The predicted molar refractivity (Wildman–Crippen MR) is 102 cm³/mol. The highest BCUT2D eigenvalue weighted by atomic mass is 16.6. The number of hydrogen-bond acceptors (Lipinski definition) is 3. The van der Waals surface area contributed by atoms with Crippen molar-refractivity contribution in [3.63, 3.8) is 0 Å². The van der Waals surface area contributed by atoms with Crippen LogP contribution in [-0.2, 0) is 11.2 Å². The Morgan fingerprint density at radius 1 is 1.27 bits per heavy atom. The number of allylic oxidation sites excluding steroid dienone is 1. The molecule has 0 aliphatic carbocycles. The third-order valence-corrected chi connectivity index (χ3v) is 4.17. The molecule has 0 saturated heterocycles. The number of ether oxygens (including phenoxy) is 1. The third kappa shape index (κ3) is 8.55. The second-order valence-corrected chi connectivity index (χ2v) is 7.04. The molecule has 0 radical (unpaired) electrons. The highest BCUT2D eigenvalue weighted by Gasteiger charge is 2.22. The van der Waals surface area contributed by atoms with Crippen LogP contribution in [0.25, 0.3) is 0 Å². The fraction of sp³-hybridized carbons (Fsp3) is 0.500. The van der Waals surface area contributed by atoms with E-state index in [0.717, 1.165) is 17.5 Å². The normalized spacial score (nSPS) is 12.1. The monoisotopic (exact) mass is 362 g/mol. The van der Waals surface area contributed by atoms with E-state index in [1.165, 1.54) is 0 Å². The van der Waals surface area contributed by atoms with E-state index in [1.807, 2.05) is 45.0 Å². The van der Waals surface area contributed by atoms with Gasteiger partial charge in [0.15, 0.2) is 0 Å². The van der Waals surface area contributed by atoms with Gasteiger partial charge in [-0.3, -0.25) is 0 Å². The minimum atomic E-state index is -1.08. The van der Waals surface area contributed by atoms with Gasteiger partial charge < -0.3 is 20.5 Å². The first-order valence-corrected chi connectivity index (χ1v) is 8.82. The van der Waals surface area contributed by atoms with E-state index >= 15 is 0 Å². The Hall–Kier alpha value is -2.50. The molecule has 144 valence electrons. The number of rotatable bonds is 10. The van der Waals surface area contributed by atoms with Gasteiger partial charge in [0, 0.05) is 13.1 Å². The maximum atomic E-state index is 12.1. The fourth-order valence-electron chi connectivity index (χ4n) is 2.61. The minimum absolute atomic E-state index is 0.0731. The molecule has 0 bridgehead atoms. The molecule has 1 rings (SSSR count). The van der Waals surface area contributed by atoms with E-state index in [1.54, 1.807) is 6.08 Å². The van der Waals surface area contributed by atoms with Gasteiger partial charge in [-0.05, 0) is 57.1 Å². The van der Waals surface area contributed by atoms with Crippen LogP contribution in [0, 0.1) is 12.8 Å². The summed E-state index contributed by atoms with van der Waals surface area (Å²) >= 11 is 0. The number of carboxylic acid groups (broad SMARTS) is 1. The average molecular weight is 362 g/mol. The van der Waals surface area contributed by atoms with Crippen LogP contribution in [0.2, 0.25) is 0 Å². The third-order valence-electron chi connectivity index (χ3n) is 4.17. The Morgan fingerprint density at radius 3 is 2.54 bits per heavy atom. The Kier molecular flexibility index (Phi) is 8.68. The van der Waals surface area contributed by atoms with E-state index in [0.29, 0.717) is 19.4 Å². The predicted octanol–water partition coefficient (Wildman–Crippen LogP) is 3.89.